The lowest BCUT2D eigenvalue weighted by Gasteiger charge is -2.20. The molecule has 20 heavy (non-hydrogen) atoms. The maximum atomic E-state index is 13.2. The second-order valence-electron chi connectivity index (χ2n) is 5.76. The van der Waals surface area contributed by atoms with E-state index in [1.165, 1.54) is 12.1 Å². The maximum Gasteiger partial charge on any atom is 0.133 e. The van der Waals surface area contributed by atoms with Crippen LogP contribution in [0.25, 0.3) is 11.3 Å². The van der Waals surface area contributed by atoms with Crippen molar-refractivity contribution in [3.8, 4) is 11.3 Å². The Hall–Kier alpha value is -1.26. The van der Waals surface area contributed by atoms with Crippen molar-refractivity contribution >= 4 is 23.8 Å². The molecule has 0 radical (unpaired) electrons. The van der Waals surface area contributed by atoms with Crippen molar-refractivity contribution in [2.75, 3.05) is 0 Å². The van der Waals surface area contributed by atoms with Gasteiger partial charge in [-0.1, -0.05) is 44.6 Å². The Bertz CT molecular complexity index is 717. The van der Waals surface area contributed by atoms with E-state index in [1.807, 2.05) is 27.7 Å². The van der Waals surface area contributed by atoms with E-state index < -0.39 is 0 Å². The first-order valence-electron chi connectivity index (χ1n) is 6.27. The van der Waals surface area contributed by atoms with Gasteiger partial charge < -0.3 is 4.98 Å². The van der Waals surface area contributed by atoms with Crippen LogP contribution in [0.1, 0.15) is 32.2 Å². The van der Waals surface area contributed by atoms with Crippen molar-refractivity contribution < 1.29 is 4.39 Å². The molecule has 0 fully saturated rings. The molecule has 0 atom stereocenters. The average molecular weight is 311 g/mol. The van der Waals surface area contributed by atoms with Crippen molar-refractivity contribution in [3.05, 3.63) is 45.1 Å². The Labute approximate surface area is 128 Å². The minimum atomic E-state index is -0.361. The van der Waals surface area contributed by atoms with Crippen LogP contribution in [0.4, 0.5) is 4.39 Å². The number of hydrogen-bond donors (Lipinski definition) is 1. The Morgan fingerprint density at radius 2 is 1.95 bits per heavy atom. The number of H-pyrrole nitrogens is 1. The first kappa shape index (κ1) is 15.1. The Balaban J connectivity index is 2.73. The number of aromatic nitrogens is 2. The van der Waals surface area contributed by atoms with Crippen molar-refractivity contribution in [1.29, 1.82) is 0 Å². The summed E-state index contributed by atoms with van der Waals surface area (Å²) in [5, 5.41) is 0.352. The predicted octanol–water partition coefficient (Wildman–Crippen LogP) is 5.20. The zero-order valence-corrected chi connectivity index (χ0v) is 13.4. The molecule has 2 rings (SSSR count). The highest BCUT2D eigenvalue weighted by Crippen LogP contribution is 2.31. The molecule has 0 saturated heterocycles. The summed E-state index contributed by atoms with van der Waals surface area (Å²) < 4.78 is 13.7. The van der Waals surface area contributed by atoms with E-state index in [2.05, 4.69) is 9.97 Å². The first-order chi connectivity index (χ1) is 9.20. The molecule has 2 aromatic rings. The van der Waals surface area contributed by atoms with Gasteiger partial charge in [-0.05, 0) is 25.1 Å². The van der Waals surface area contributed by atoms with Crippen LogP contribution in [0.5, 0.6) is 0 Å². The van der Waals surface area contributed by atoms with Crippen LogP contribution in [-0.2, 0) is 5.41 Å². The molecule has 2 nitrogen and oxygen atoms in total. The number of halogens is 2. The van der Waals surface area contributed by atoms with Crippen molar-refractivity contribution in [2.24, 2.45) is 0 Å². The highest BCUT2D eigenvalue weighted by atomic mass is 35.5. The van der Waals surface area contributed by atoms with Gasteiger partial charge in [-0.2, -0.15) is 0 Å². The molecule has 1 aromatic heterocycles. The summed E-state index contributed by atoms with van der Waals surface area (Å²) in [5.41, 5.74) is 2.19. The number of rotatable bonds is 1. The molecule has 5 heteroatoms. The van der Waals surface area contributed by atoms with Crippen LogP contribution in [0.15, 0.2) is 18.2 Å². The summed E-state index contributed by atoms with van der Waals surface area (Å²) in [6.45, 7) is 8.03. The molecule has 0 spiro atoms. The monoisotopic (exact) mass is 310 g/mol. The second-order valence-corrected chi connectivity index (χ2v) is 6.56. The first-order valence-corrected chi connectivity index (χ1v) is 7.05. The fourth-order valence-electron chi connectivity index (χ4n) is 1.85. The molecule has 1 N–H and O–H groups in total. The Morgan fingerprint density at radius 3 is 2.50 bits per heavy atom. The van der Waals surface area contributed by atoms with Gasteiger partial charge in [0, 0.05) is 16.5 Å². The molecule has 106 valence electrons. The van der Waals surface area contributed by atoms with Crippen LogP contribution in [-0.4, -0.2) is 9.97 Å². The van der Waals surface area contributed by atoms with Gasteiger partial charge in [0.1, 0.15) is 16.3 Å². The van der Waals surface area contributed by atoms with E-state index in [0.29, 0.717) is 9.66 Å². The fourth-order valence-corrected chi connectivity index (χ4v) is 2.30. The maximum absolute atomic E-state index is 13.2. The third-order valence-corrected chi connectivity index (χ3v) is 3.77. The number of nitrogens with one attached hydrogen (secondary N) is 1. The van der Waals surface area contributed by atoms with Gasteiger partial charge in [-0.25, -0.2) is 9.37 Å². The van der Waals surface area contributed by atoms with Crippen molar-refractivity contribution in [2.45, 2.75) is 33.1 Å². The third-order valence-electron chi connectivity index (χ3n) is 3.06. The van der Waals surface area contributed by atoms with E-state index in [0.717, 1.165) is 22.6 Å². The fraction of sp³-hybridized carbons (Fsp3) is 0.333. The molecule has 0 amide bonds. The molecular formula is C15H16ClFN2S. The van der Waals surface area contributed by atoms with Crippen LogP contribution in [0.3, 0.4) is 0 Å². The lowest BCUT2D eigenvalue weighted by atomic mass is 9.95. The lowest BCUT2D eigenvalue weighted by Crippen LogP contribution is -2.17. The molecule has 0 aliphatic rings. The van der Waals surface area contributed by atoms with Crippen molar-refractivity contribution in [1.82, 2.24) is 9.97 Å². The minimum Gasteiger partial charge on any atom is -0.342 e. The van der Waals surface area contributed by atoms with Gasteiger partial charge >= 0.3 is 0 Å². The summed E-state index contributed by atoms with van der Waals surface area (Å²) in [6, 6.07) is 4.33. The quantitative estimate of drug-likeness (QED) is 0.733. The highest BCUT2D eigenvalue weighted by molar-refractivity contribution is 7.71. The minimum absolute atomic E-state index is 0.164. The molecule has 1 heterocycles. The Morgan fingerprint density at radius 1 is 1.30 bits per heavy atom. The summed E-state index contributed by atoms with van der Waals surface area (Å²) in [7, 11) is 0. The van der Waals surface area contributed by atoms with Gasteiger partial charge in [0.05, 0.1) is 10.7 Å². The van der Waals surface area contributed by atoms with E-state index in [4.69, 9.17) is 23.8 Å². The lowest BCUT2D eigenvalue weighted by molar-refractivity contribution is 0.544. The molecule has 0 saturated carbocycles. The van der Waals surface area contributed by atoms with Crippen LogP contribution < -0.4 is 0 Å². The summed E-state index contributed by atoms with van der Waals surface area (Å²) in [4.78, 5) is 7.70. The summed E-state index contributed by atoms with van der Waals surface area (Å²) in [6.07, 6.45) is 0. The standard InChI is InChI=1S/C15H16ClFN2S/c1-8-12(10-6-5-9(17)7-11(10)16)18-14(15(2,3)4)19-13(8)20/h5-7H,1-4H3,(H,18,19,20). The SMILES string of the molecule is Cc1c(-c2ccc(F)cc2Cl)[nH]c(C(C)(C)C)nc1=S. The number of hydrogen-bond acceptors (Lipinski definition) is 2. The zero-order valence-electron chi connectivity index (χ0n) is 11.8. The molecule has 1 aromatic carbocycles. The van der Waals surface area contributed by atoms with Crippen molar-refractivity contribution in [3.63, 3.8) is 0 Å². The number of nitrogens with zero attached hydrogens (tertiary/aromatic N) is 1. The Kier molecular flexibility index (Phi) is 3.98. The van der Waals surface area contributed by atoms with Gasteiger partial charge in [0.25, 0.3) is 0 Å². The zero-order chi connectivity index (χ0) is 15.1. The summed E-state index contributed by atoms with van der Waals surface area (Å²) >= 11 is 11.5. The van der Waals surface area contributed by atoms with Gasteiger partial charge in [0.2, 0.25) is 0 Å². The normalized spacial score (nSPS) is 11.7. The van der Waals surface area contributed by atoms with Crippen LogP contribution in [0, 0.1) is 17.4 Å². The van der Waals surface area contributed by atoms with Gasteiger partial charge in [0.15, 0.2) is 0 Å². The van der Waals surface area contributed by atoms with E-state index >= 15 is 0 Å². The van der Waals surface area contributed by atoms with Crippen LogP contribution >= 0.6 is 23.8 Å². The molecule has 0 aliphatic carbocycles. The third kappa shape index (κ3) is 2.91. The van der Waals surface area contributed by atoms with Gasteiger partial charge in [-0.15, -0.1) is 0 Å². The van der Waals surface area contributed by atoms with Crippen LogP contribution in [0.2, 0.25) is 5.02 Å². The highest BCUT2D eigenvalue weighted by Gasteiger charge is 2.19. The second kappa shape index (κ2) is 5.26. The largest absolute Gasteiger partial charge is 0.342 e. The smallest absolute Gasteiger partial charge is 0.133 e. The number of benzene rings is 1. The van der Waals surface area contributed by atoms with E-state index in [9.17, 15) is 4.39 Å². The molecule has 0 unspecified atom stereocenters. The van der Waals surface area contributed by atoms with E-state index in [-0.39, 0.29) is 11.2 Å². The van der Waals surface area contributed by atoms with Gasteiger partial charge in [-0.3, -0.25) is 0 Å². The summed E-state index contributed by atoms with van der Waals surface area (Å²) in [5.74, 6) is 0.420. The average Bonchev–Trinajstić information content (AvgIpc) is 2.32. The molecule has 0 bridgehead atoms. The predicted molar refractivity (Wildman–Crippen MR) is 83.3 cm³/mol. The molecule has 0 aliphatic heterocycles. The number of aromatic amines is 1. The van der Waals surface area contributed by atoms with E-state index in [1.54, 1.807) is 6.07 Å². The topological polar surface area (TPSA) is 28.7 Å². The molecular weight excluding hydrogens is 295 g/mol.